The van der Waals surface area contributed by atoms with Crippen LogP contribution in [0.2, 0.25) is 0 Å². The second kappa shape index (κ2) is 8.89. The molecule has 1 fully saturated rings. The smallest absolute Gasteiger partial charge is 0.335 e. The van der Waals surface area contributed by atoms with E-state index in [1.165, 1.54) is 0 Å². The molecule has 148 valence electrons. The third kappa shape index (κ3) is 5.10. The van der Waals surface area contributed by atoms with Gasteiger partial charge >= 0.3 is 5.97 Å². The Morgan fingerprint density at radius 2 is 1.79 bits per heavy atom. The number of benzene rings is 2. The Kier molecular flexibility index (Phi) is 6.31. The minimum absolute atomic E-state index is 0.00553. The lowest BCUT2D eigenvalue weighted by Crippen LogP contribution is -2.51. The topological polar surface area (TPSA) is 70.1 Å². The van der Waals surface area contributed by atoms with Crippen molar-refractivity contribution in [2.45, 2.75) is 26.5 Å². The number of nitrogens with zero attached hydrogens (tertiary/aromatic N) is 2. The van der Waals surface area contributed by atoms with Gasteiger partial charge in [0, 0.05) is 32.7 Å². The lowest BCUT2D eigenvalue weighted by molar-refractivity contribution is -0.139. The van der Waals surface area contributed by atoms with Gasteiger partial charge in [-0.05, 0) is 49.2 Å². The van der Waals surface area contributed by atoms with Crippen molar-refractivity contribution in [1.29, 1.82) is 0 Å². The standard InChI is InChI=1S/C22H26N2O4/c1-16-5-3-8-20(13-16)28-17(2)21(25)24-11-9-23(10-12-24)15-18-6-4-7-19(14-18)22(26)27/h3-8,13-14,17H,9-12,15H2,1-2H3,(H,26,27). The molecule has 0 aromatic heterocycles. The van der Waals surface area contributed by atoms with E-state index in [9.17, 15) is 9.59 Å². The Hall–Kier alpha value is -2.86. The Morgan fingerprint density at radius 1 is 1.07 bits per heavy atom. The molecule has 1 atom stereocenters. The van der Waals surface area contributed by atoms with Crippen LogP contribution in [0.15, 0.2) is 48.5 Å². The molecule has 1 aliphatic rings. The lowest BCUT2D eigenvalue weighted by atomic mass is 10.1. The number of carboxylic acid groups (broad SMARTS) is 1. The van der Waals surface area contributed by atoms with Crippen molar-refractivity contribution in [2.75, 3.05) is 26.2 Å². The monoisotopic (exact) mass is 382 g/mol. The van der Waals surface area contributed by atoms with Crippen LogP contribution in [0.25, 0.3) is 0 Å². The van der Waals surface area contributed by atoms with Gasteiger partial charge in [0.15, 0.2) is 6.10 Å². The summed E-state index contributed by atoms with van der Waals surface area (Å²) in [7, 11) is 0. The minimum atomic E-state index is -0.917. The summed E-state index contributed by atoms with van der Waals surface area (Å²) in [5.41, 5.74) is 2.36. The van der Waals surface area contributed by atoms with E-state index in [2.05, 4.69) is 4.90 Å². The Balaban J connectivity index is 1.51. The van der Waals surface area contributed by atoms with E-state index < -0.39 is 12.1 Å². The highest BCUT2D eigenvalue weighted by molar-refractivity contribution is 5.87. The maximum absolute atomic E-state index is 12.7. The molecule has 1 unspecified atom stereocenters. The van der Waals surface area contributed by atoms with Crippen molar-refractivity contribution in [1.82, 2.24) is 9.80 Å². The zero-order valence-corrected chi connectivity index (χ0v) is 16.3. The summed E-state index contributed by atoms with van der Waals surface area (Å²) in [5.74, 6) is -0.216. The van der Waals surface area contributed by atoms with Crippen LogP contribution in [0.3, 0.4) is 0 Å². The van der Waals surface area contributed by atoms with Crippen molar-refractivity contribution in [3.63, 3.8) is 0 Å². The summed E-state index contributed by atoms with van der Waals surface area (Å²) in [5, 5.41) is 9.11. The van der Waals surface area contributed by atoms with E-state index in [0.29, 0.717) is 30.9 Å². The van der Waals surface area contributed by atoms with Crippen LogP contribution < -0.4 is 4.74 Å². The average molecular weight is 382 g/mol. The number of hydrogen-bond acceptors (Lipinski definition) is 4. The van der Waals surface area contributed by atoms with Gasteiger partial charge in [-0.15, -0.1) is 0 Å². The molecule has 0 aliphatic carbocycles. The van der Waals surface area contributed by atoms with E-state index in [-0.39, 0.29) is 5.91 Å². The summed E-state index contributed by atoms with van der Waals surface area (Å²) in [6.45, 7) is 7.23. The average Bonchev–Trinajstić information content (AvgIpc) is 2.68. The van der Waals surface area contributed by atoms with Crippen LogP contribution in [0.4, 0.5) is 0 Å². The number of carboxylic acids is 1. The fraction of sp³-hybridized carbons (Fsp3) is 0.364. The second-order valence-electron chi connectivity index (χ2n) is 7.18. The highest BCUT2D eigenvalue weighted by atomic mass is 16.5. The zero-order valence-electron chi connectivity index (χ0n) is 16.3. The van der Waals surface area contributed by atoms with Crippen LogP contribution >= 0.6 is 0 Å². The molecule has 1 saturated heterocycles. The number of carbonyl (C=O) groups is 2. The van der Waals surface area contributed by atoms with E-state index in [1.54, 1.807) is 25.1 Å². The highest BCUT2D eigenvalue weighted by Crippen LogP contribution is 2.16. The maximum Gasteiger partial charge on any atom is 0.335 e. The van der Waals surface area contributed by atoms with Crippen molar-refractivity contribution < 1.29 is 19.4 Å². The molecular formula is C22H26N2O4. The van der Waals surface area contributed by atoms with Gasteiger partial charge < -0.3 is 14.7 Å². The number of ether oxygens (including phenoxy) is 1. The Morgan fingerprint density at radius 3 is 2.46 bits per heavy atom. The number of hydrogen-bond donors (Lipinski definition) is 1. The first-order valence-electron chi connectivity index (χ1n) is 9.49. The number of carbonyl (C=O) groups excluding carboxylic acids is 1. The third-order valence-electron chi connectivity index (χ3n) is 4.91. The predicted molar refractivity (Wildman–Crippen MR) is 107 cm³/mol. The molecule has 1 N–H and O–H groups in total. The normalized spacial score (nSPS) is 15.9. The van der Waals surface area contributed by atoms with Gasteiger partial charge in [0.25, 0.3) is 5.91 Å². The van der Waals surface area contributed by atoms with Crippen LogP contribution in [0.5, 0.6) is 5.75 Å². The molecule has 28 heavy (non-hydrogen) atoms. The van der Waals surface area contributed by atoms with Gasteiger partial charge in [0.1, 0.15) is 5.75 Å². The number of rotatable bonds is 6. The van der Waals surface area contributed by atoms with Gasteiger partial charge in [-0.1, -0.05) is 24.3 Å². The van der Waals surface area contributed by atoms with E-state index in [0.717, 1.165) is 24.2 Å². The molecule has 2 aromatic carbocycles. The van der Waals surface area contributed by atoms with Gasteiger partial charge in [0.05, 0.1) is 5.56 Å². The van der Waals surface area contributed by atoms with Gasteiger partial charge in [-0.25, -0.2) is 4.79 Å². The fourth-order valence-corrected chi connectivity index (χ4v) is 3.39. The third-order valence-corrected chi connectivity index (χ3v) is 4.91. The molecule has 1 heterocycles. The molecule has 6 heteroatoms. The number of piperazine rings is 1. The first kappa shape index (κ1) is 19.9. The molecule has 1 aliphatic heterocycles. The summed E-state index contributed by atoms with van der Waals surface area (Å²) < 4.78 is 5.81. The van der Waals surface area contributed by atoms with Gasteiger partial charge in [-0.2, -0.15) is 0 Å². The predicted octanol–water partition coefficient (Wildman–Crippen LogP) is 2.80. The quantitative estimate of drug-likeness (QED) is 0.832. The molecule has 3 rings (SSSR count). The number of amides is 1. The van der Waals surface area contributed by atoms with E-state index in [1.807, 2.05) is 42.2 Å². The molecule has 0 radical (unpaired) electrons. The minimum Gasteiger partial charge on any atom is -0.481 e. The molecule has 6 nitrogen and oxygen atoms in total. The van der Waals surface area contributed by atoms with Crippen molar-refractivity contribution in [2.24, 2.45) is 0 Å². The van der Waals surface area contributed by atoms with Crippen LogP contribution in [-0.2, 0) is 11.3 Å². The summed E-state index contributed by atoms with van der Waals surface area (Å²) in [4.78, 5) is 27.9. The molecule has 2 aromatic rings. The molecule has 0 bridgehead atoms. The summed E-state index contributed by atoms with van der Waals surface area (Å²) >= 11 is 0. The fourth-order valence-electron chi connectivity index (χ4n) is 3.39. The molecule has 1 amide bonds. The molecule has 0 spiro atoms. The Bertz CT molecular complexity index is 844. The van der Waals surface area contributed by atoms with Crippen molar-refractivity contribution in [3.05, 3.63) is 65.2 Å². The SMILES string of the molecule is Cc1cccc(OC(C)C(=O)N2CCN(Cc3cccc(C(=O)O)c3)CC2)c1. The molecule has 0 saturated carbocycles. The van der Waals surface area contributed by atoms with Gasteiger partial charge in [-0.3, -0.25) is 9.69 Å². The lowest BCUT2D eigenvalue weighted by Gasteiger charge is -2.36. The number of aromatic carboxylic acids is 1. The van der Waals surface area contributed by atoms with Gasteiger partial charge in [0.2, 0.25) is 0 Å². The molecular weight excluding hydrogens is 356 g/mol. The summed E-state index contributed by atoms with van der Waals surface area (Å²) in [6.07, 6.45) is -0.527. The second-order valence-corrected chi connectivity index (χ2v) is 7.18. The summed E-state index contributed by atoms with van der Waals surface area (Å²) in [6, 6.07) is 14.7. The van der Waals surface area contributed by atoms with Crippen LogP contribution in [0, 0.1) is 6.92 Å². The maximum atomic E-state index is 12.7. The Labute approximate surface area is 165 Å². The largest absolute Gasteiger partial charge is 0.481 e. The van der Waals surface area contributed by atoms with Crippen LogP contribution in [-0.4, -0.2) is 59.1 Å². The van der Waals surface area contributed by atoms with Crippen molar-refractivity contribution in [3.8, 4) is 5.75 Å². The van der Waals surface area contributed by atoms with E-state index >= 15 is 0 Å². The first-order valence-corrected chi connectivity index (χ1v) is 9.49. The number of aryl methyl sites for hydroxylation is 1. The van der Waals surface area contributed by atoms with Crippen LogP contribution in [0.1, 0.15) is 28.4 Å². The first-order chi connectivity index (χ1) is 13.4. The highest BCUT2D eigenvalue weighted by Gasteiger charge is 2.26. The zero-order chi connectivity index (χ0) is 20.1. The van der Waals surface area contributed by atoms with E-state index in [4.69, 9.17) is 9.84 Å². The van der Waals surface area contributed by atoms with Crippen molar-refractivity contribution >= 4 is 11.9 Å².